The SMILES string of the molecule is O=C(c1ccccc1Cl)N1CCN(C(=O)C2CCN(Cc3nc4ccccc4n3-c3ccc(Br)cc3)CC2)CC1. The molecule has 6 rings (SSSR count). The molecule has 40 heavy (non-hydrogen) atoms. The fraction of sp³-hybridized carbons (Fsp3) is 0.323. The second-order valence-corrected chi connectivity index (χ2v) is 11.8. The van der Waals surface area contributed by atoms with Gasteiger partial charge in [-0.2, -0.15) is 0 Å². The zero-order valence-electron chi connectivity index (χ0n) is 22.2. The number of piperazine rings is 1. The lowest BCUT2D eigenvalue weighted by Gasteiger charge is -2.38. The van der Waals surface area contributed by atoms with Gasteiger partial charge in [-0.3, -0.25) is 19.1 Å². The summed E-state index contributed by atoms with van der Waals surface area (Å²) in [5.74, 6) is 1.17. The number of piperidine rings is 1. The van der Waals surface area contributed by atoms with E-state index in [0.29, 0.717) is 36.8 Å². The van der Waals surface area contributed by atoms with Crippen LogP contribution in [0.1, 0.15) is 29.0 Å². The smallest absolute Gasteiger partial charge is 0.255 e. The predicted molar refractivity (Wildman–Crippen MR) is 161 cm³/mol. The van der Waals surface area contributed by atoms with Crippen LogP contribution in [-0.2, 0) is 11.3 Å². The van der Waals surface area contributed by atoms with Crippen LogP contribution in [0.25, 0.3) is 16.7 Å². The highest BCUT2D eigenvalue weighted by Gasteiger charge is 2.32. The van der Waals surface area contributed by atoms with Gasteiger partial charge in [0.15, 0.2) is 0 Å². The summed E-state index contributed by atoms with van der Waals surface area (Å²) in [6.07, 6.45) is 1.66. The monoisotopic (exact) mass is 619 g/mol. The first-order valence-corrected chi connectivity index (χ1v) is 14.9. The number of imidazole rings is 1. The number of benzene rings is 3. The van der Waals surface area contributed by atoms with Crippen molar-refractivity contribution in [2.24, 2.45) is 5.92 Å². The number of para-hydroxylation sites is 2. The highest BCUT2D eigenvalue weighted by molar-refractivity contribution is 9.10. The number of amides is 2. The lowest BCUT2D eigenvalue weighted by atomic mass is 9.95. The molecule has 3 aromatic carbocycles. The molecule has 2 fully saturated rings. The van der Waals surface area contributed by atoms with Gasteiger partial charge in [0, 0.05) is 42.3 Å². The molecule has 2 saturated heterocycles. The van der Waals surface area contributed by atoms with Crippen molar-refractivity contribution in [1.29, 1.82) is 0 Å². The summed E-state index contributed by atoms with van der Waals surface area (Å²) >= 11 is 9.76. The molecule has 1 aromatic heterocycles. The van der Waals surface area contributed by atoms with Crippen LogP contribution < -0.4 is 0 Å². The Labute approximate surface area is 247 Å². The van der Waals surface area contributed by atoms with Crippen molar-refractivity contribution in [2.45, 2.75) is 19.4 Å². The third-order valence-corrected chi connectivity index (χ3v) is 8.86. The van der Waals surface area contributed by atoms with Gasteiger partial charge in [0.25, 0.3) is 5.91 Å². The molecule has 0 spiro atoms. The summed E-state index contributed by atoms with van der Waals surface area (Å²) in [5, 5.41) is 0.463. The number of fused-ring (bicyclic) bond motifs is 1. The summed E-state index contributed by atoms with van der Waals surface area (Å²) in [6.45, 7) is 4.62. The Morgan fingerprint density at radius 1 is 0.825 bits per heavy atom. The molecule has 7 nitrogen and oxygen atoms in total. The third kappa shape index (κ3) is 5.53. The van der Waals surface area contributed by atoms with E-state index in [0.717, 1.165) is 59.5 Å². The zero-order chi connectivity index (χ0) is 27.6. The summed E-state index contributed by atoms with van der Waals surface area (Å²) in [4.78, 5) is 37.4. The number of carbonyl (C=O) groups excluding carboxylic acids is 2. The second-order valence-electron chi connectivity index (χ2n) is 10.5. The van der Waals surface area contributed by atoms with Crippen molar-refractivity contribution in [3.05, 3.63) is 93.7 Å². The molecule has 0 unspecified atom stereocenters. The summed E-state index contributed by atoms with van der Waals surface area (Å²) in [5.41, 5.74) is 3.68. The number of hydrogen-bond donors (Lipinski definition) is 0. The van der Waals surface area contributed by atoms with E-state index in [-0.39, 0.29) is 17.7 Å². The maximum atomic E-state index is 13.4. The number of rotatable bonds is 5. The highest BCUT2D eigenvalue weighted by Crippen LogP contribution is 2.27. The predicted octanol–water partition coefficient (Wildman–Crippen LogP) is 5.64. The lowest BCUT2D eigenvalue weighted by molar-refractivity contribution is -0.138. The quantitative estimate of drug-likeness (QED) is 0.290. The molecule has 0 aliphatic carbocycles. The Kier molecular flexibility index (Phi) is 7.91. The van der Waals surface area contributed by atoms with Gasteiger partial charge >= 0.3 is 0 Å². The van der Waals surface area contributed by atoms with Gasteiger partial charge in [-0.15, -0.1) is 0 Å². The molecule has 2 amide bonds. The molecule has 0 bridgehead atoms. The molecule has 2 aliphatic rings. The standard InChI is InChI=1S/C31H31BrClN5O2/c32-23-9-11-24(12-10-23)38-28-8-4-3-7-27(28)34-29(38)21-35-15-13-22(14-16-35)30(39)36-17-19-37(20-18-36)31(40)25-5-1-2-6-26(25)33/h1-12,22H,13-21H2. The Bertz CT molecular complexity index is 1520. The second kappa shape index (κ2) is 11.7. The molecule has 9 heteroatoms. The summed E-state index contributed by atoms with van der Waals surface area (Å²) in [7, 11) is 0. The van der Waals surface area contributed by atoms with E-state index in [1.165, 1.54) is 0 Å². The highest BCUT2D eigenvalue weighted by atomic mass is 79.9. The van der Waals surface area contributed by atoms with Crippen LogP contribution >= 0.6 is 27.5 Å². The van der Waals surface area contributed by atoms with Gasteiger partial charge < -0.3 is 9.80 Å². The van der Waals surface area contributed by atoms with E-state index in [1.807, 2.05) is 29.2 Å². The lowest BCUT2D eigenvalue weighted by Crippen LogP contribution is -2.53. The summed E-state index contributed by atoms with van der Waals surface area (Å²) < 4.78 is 3.28. The van der Waals surface area contributed by atoms with Crippen LogP contribution in [0.3, 0.4) is 0 Å². The minimum Gasteiger partial charge on any atom is -0.339 e. The number of likely N-dealkylation sites (tertiary alicyclic amines) is 1. The van der Waals surface area contributed by atoms with Crippen molar-refractivity contribution < 1.29 is 9.59 Å². The van der Waals surface area contributed by atoms with Crippen molar-refractivity contribution in [3.63, 3.8) is 0 Å². The first-order valence-electron chi connectivity index (χ1n) is 13.7. The van der Waals surface area contributed by atoms with Gasteiger partial charge in [0.05, 0.1) is 28.2 Å². The molecule has 4 aromatic rings. The molecule has 206 valence electrons. The maximum Gasteiger partial charge on any atom is 0.255 e. The average molecular weight is 621 g/mol. The van der Waals surface area contributed by atoms with Crippen molar-refractivity contribution in [3.8, 4) is 5.69 Å². The van der Waals surface area contributed by atoms with Crippen LogP contribution in [0.4, 0.5) is 0 Å². The first-order chi connectivity index (χ1) is 19.5. The number of aromatic nitrogens is 2. The van der Waals surface area contributed by atoms with Crippen molar-refractivity contribution in [2.75, 3.05) is 39.3 Å². The van der Waals surface area contributed by atoms with E-state index < -0.39 is 0 Å². The van der Waals surface area contributed by atoms with Crippen LogP contribution in [0.5, 0.6) is 0 Å². The maximum absolute atomic E-state index is 13.4. The number of halogens is 2. The largest absolute Gasteiger partial charge is 0.339 e. The van der Waals surface area contributed by atoms with Crippen molar-refractivity contribution >= 4 is 50.4 Å². The van der Waals surface area contributed by atoms with Gasteiger partial charge in [0.2, 0.25) is 5.91 Å². The molecule has 0 saturated carbocycles. The molecule has 2 aliphatic heterocycles. The average Bonchev–Trinajstić information content (AvgIpc) is 3.35. The van der Waals surface area contributed by atoms with E-state index in [2.05, 4.69) is 61.8 Å². The van der Waals surface area contributed by atoms with E-state index in [9.17, 15) is 9.59 Å². The van der Waals surface area contributed by atoms with Crippen LogP contribution in [0.2, 0.25) is 5.02 Å². The van der Waals surface area contributed by atoms with Crippen molar-refractivity contribution in [1.82, 2.24) is 24.3 Å². The number of hydrogen-bond acceptors (Lipinski definition) is 4. The van der Waals surface area contributed by atoms with Crippen LogP contribution in [0.15, 0.2) is 77.3 Å². The van der Waals surface area contributed by atoms with Gasteiger partial charge in [0.1, 0.15) is 5.82 Å². The Morgan fingerprint density at radius 3 is 2.20 bits per heavy atom. The first kappa shape index (κ1) is 27.0. The van der Waals surface area contributed by atoms with E-state index in [1.54, 1.807) is 17.0 Å². The van der Waals surface area contributed by atoms with Gasteiger partial charge in [-0.1, -0.05) is 51.8 Å². The Hall–Kier alpha value is -3.20. The number of nitrogens with zero attached hydrogens (tertiary/aromatic N) is 5. The number of carbonyl (C=O) groups is 2. The van der Waals surface area contributed by atoms with Gasteiger partial charge in [-0.05, 0) is 74.5 Å². The molecular weight excluding hydrogens is 590 g/mol. The third-order valence-electron chi connectivity index (χ3n) is 8.00. The molecule has 3 heterocycles. The van der Waals surface area contributed by atoms with E-state index in [4.69, 9.17) is 16.6 Å². The molecule has 0 radical (unpaired) electrons. The normalized spacial score (nSPS) is 16.9. The fourth-order valence-corrected chi connectivity index (χ4v) is 6.27. The molecule has 0 N–H and O–H groups in total. The summed E-state index contributed by atoms with van der Waals surface area (Å²) in [6, 6.07) is 23.7. The Balaban J connectivity index is 1.06. The fourth-order valence-electron chi connectivity index (χ4n) is 5.79. The molecular formula is C31H31BrClN5O2. The van der Waals surface area contributed by atoms with Crippen LogP contribution in [0, 0.1) is 5.92 Å². The topological polar surface area (TPSA) is 61.7 Å². The minimum atomic E-state index is -0.0693. The van der Waals surface area contributed by atoms with E-state index >= 15 is 0 Å². The van der Waals surface area contributed by atoms with Crippen LogP contribution in [-0.4, -0.2) is 75.3 Å². The van der Waals surface area contributed by atoms with Gasteiger partial charge in [-0.25, -0.2) is 4.98 Å². The zero-order valence-corrected chi connectivity index (χ0v) is 24.5. The minimum absolute atomic E-state index is 0.0207. The molecule has 0 atom stereocenters. The Morgan fingerprint density at radius 2 is 1.48 bits per heavy atom.